The van der Waals surface area contributed by atoms with Gasteiger partial charge in [-0.1, -0.05) is 25.1 Å². The average Bonchev–Trinajstić information content (AvgIpc) is 2.73. The number of allylic oxidation sites excluding steroid dienone is 2. The molecule has 2 atom stereocenters. The molecule has 2 aromatic rings. The molecule has 0 bridgehead atoms. The van der Waals surface area contributed by atoms with Crippen molar-refractivity contribution in [1.82, 2.24) is 5.32 Å². The maximum Gasteiger partial charge on any atom is 0.416 e. The van der Waals surface area contributed by atoms with Crippen molar-refractivity contribution in [2.45, 2.75) is 31.3 Å². The highest BCUT2D eigenvalue weighted by atomic mass is 19.4. The zero-order valence-corrected chi connectivity index (χ0v) is 16.7. The van der Waals surface area contributed by atoms with Gasteiger partial charge in [-0.25, -0.2) is 0 Å². The monoisotopic (exact) mass is 419 g/mol. The van der Waals surface area contributed by atoms with Crippen LogP contribution < -0.4 is 26.3 Å². The van der Waals surface area contributed by atoms with E-state index in [0.717, 1.165) is 17.7 Å². The molecule has 5 N–H and O–H groups in total. The summed E-state index contributed by atoms with van der Waals surface area (Å²) in [5.74, 6) is 0.778. The van der Waals surface area contributed by atoms with Gasteiger partial charge >= 0.3 is 6.18 Å². The largest absolute Gasteiger partial charge is 0.493 e. The van der Waals surface area contributed by atoms with Crippen LogP contribution in [0, 0.1) is 0 Å². The molecule has 0 aliphatic carbocycles. The van der Waals surface area contributed by atoms with E-state index in [9.17, 15) is 13.2 Å². The average molecular weight is 419 g/mol. The van der Waals surface area contributed by atoms with Crippen LogP contribution in [0.5, 0.6) is 11.5 Å². The molecule has 30 heavy (non-hydrogen) atoms. The molecule has 8 heteroatoms. The predicted octanol–water partition coefficient (Wildman–Crippen LogP) is 4.01. The number of benzene rings is 2. The molecule has 1 aliphatic rings. The summed E-state index contributed by atoms with van der Waals surface area (Å²) in [6.45, 7) is 2.05. The second-order valence-electron chi connectivity index (χ2n) is 7.11. The lowest BCUT2D eigenvalue weighted by atomic mass is 9.84. The number of hydrogen-bond acceptors (Lipinski definition) is 5. The van der Waals surface area contributed by atoms with E-state index in [1.165, 1.54) is 19.2 Å². The summed E-state index contributed by atoms with van der Waals surface area (Å²) in [5.41, 5.74) is 12.9. The Hall–Kier alpha value is -3.13. The van der Waals surface area contributed by atoms with Gasteiger partial charge in [0.15, 0.2) is 11.5 Å². The molecular weight excluding hydrogens is 395 g/mol. The lowest BCUT2D eigenvalue weighted by Crippen LogP contribution is -2.59. The summed E-state index contributed by atoms with van der Waals surface area (Å²) in [6, 6.07) is 10.3. The van der Waals surface area contributed by atoms with Crippen molar-refractivity contribution in [2.24, 2.45) is 11.5 Å². The van der Waals surface area contributed by atoms with Crippen molar-refractivity contribution >= 4 is 0 Å². The lowest BCUT2D eigenvalue weighted by Gasteiger charge is -2.38. The number of halogens is 3. The number of hydrogen-bond donors (Lipinski definition) is 3. The third-order valence-corrected chi connectivity index (χ3v) is 5.22. The molecular formula is C22H24F3N3O2. The Bertz CT molecular complexity index is 955. The smallest absolute Gasteiger partial charge is 0.416 e. The van der Waals surface area contributed by atoms with Crippen LogP contribution in [0.4, 0.5) is 13.2 Å². The van der Waals surface area contributed by atoms with E-state index in [0.29, 0.717) is 22.8 Å². The molecule has 0 radical (unpaired) electrons. The van der Waals surface area contributed by atoms with E-state index in [1.807, 2.05) is 19.1 Å². The van der Waals surface area contributed by atoms with Crippen LogP contribution in [-0.2, 0) is 12.8 Å². The number of nitrogens with one attached hydrogen (secondary N) is 1. The van der Waals surface area contributed by atoms with Gasteiger partial charge in [0.1, 0.15) is 12.3 Å². The maximum atomic E-state index is 12.7. The molecule has 0 aromatic heterocycles. The Kier molecular flexibility index (Phi) is 5.98. The summed E-state index contributed by atoms with van der Waals surface area (Å²) in [6.07, 6.45) is 0.917. The summed E-state index contributed by atoms with van der Waals surface area (Å²) in [5, 5.41) is 3.11. The minimum atomic E-state index is -4.36. The van der Waals surface area contributed by atoms with Crippen molar-refractivity contribution < 1.29 is 22.6 Å². The molecule has 0 fully saturated rings. The number of methoxy groups -OCH3 is 1. The minimum absolute atomic E-state index is 0.103. The highest BCUT2D eigenvalue weighted by molar-refractivity contribution is 5.46. The Morgan fingerprint density at radius 3 is 2.40 bits per heavy atom. The predicted molar refractivity (Wildman–Crippen MR) is 109 cm³/mol. The highest BCUT2D eigenvalue weighted by Crippen LogP contribution is 2.36. The zero-order chi connectivity index (χ0) is 21.9. The summed E-state index contributed by atoms with van der Waals surface area (Å²) in [7, 11) is 1.52. The normalized spacial score (nSPS) is 19.6. The Morgan fingerprint density at radius 1 is 1.10 bits per heavy atom. The molecule has 0 spiro atoms. The highest BCUT2D eigenvalue weighted by Gasteiger charge is 2.36. The summed E-state index contributed by atoms with van der Waals surface area (Å²) >= 11 is 0. The quantitative estimate of drug-likeness (QED) is 0.659. The van der Waals surface area contributed by atoms with Gasteiger partial charge in [0, 0.05) is 11.6 Å². The lowest BCUT2D eigenvalue weighted by molar-refractivity contribution is -0.137. The van der Waals surface area contributed by atoms with Gasteiger partial charge < -0.3 is 26.3 Å². The minimum Gasteiger partial charge on any atom is -0.493 e. The van der Waals surface area contributed by atoms with Crippen LogP contribution in [0.25, 0.3) is 0 Å². The van der Waals surface area contributed by atoms with Crippen LogP contribution in [0.15, 0.2) is 66.5 Å². The fraction of sp³-hybridized carbons (Fsp3) is 0.273. The number of rotatable bonds is 6. The first-order valence-electron chi connectivity index (χ1n) is 9.31. The van der Waals surface area contributed by atoms with Crippen molar-refractivity contribution in [2.75, 3.05) is 7.11 Å². The van der Waals surface area contributed by atoms with Crippen LogP contribution >= 0.6 is 0 Å². The SMILES string of the molecule is COc1cc(C(C)C2(N)NC=CC=C2N)ccc1OCc1ccc(C(F)(F)F)cc1. The molecule has 0 amide bonds. The summed E-state index contributed by atoms with van der Waals surface area (Å²) < 4.78 is 49.3. The number of alkyl halides is 3. The van der Waals surface area contributed by atoms with Gasteiger partial charge in [0.25, 0.3) is 0 Å². The first-order valence-corrected chi connectivity index (χ1v) is 9.31. The van der Waals surface area contributed by atoms with E-state index in [2.05, 4.69) is 5.32 Å². The van der Waals surface area contributed by atoms with Crippen LogP contribution in [0.2, 0.25) is 0 Å². The van der Waals surface area contributed by atoms with E-state index < -0.39 is 17.4 Å². The van der Waals surface area contributed by atoms with Gasteiger partial charge in [-0.3, -0.25) is 0 Å². The molecule has 1 aliphatic heterocycles. The molecule has 5 nitrogen and oxygen atoms in total. The van der Waals surface area contributed by atoms with Crippen LogP contribution in [-0.4, -0.2) is 12.8 Å². The topological polar surface area (TPSA) is 82.5 Å². The first kappa shape index (κ1) is 21.6. The number of nitrogens with two attached hydrogens (primary N) is 2. The number of ether oxygens (including phenoxy) is 2. The van der Waals surface area contributed by atoms with E-state index in [4.69, 9.17) is 20.9 Å². The zero-order valence-electron chi connectivity index (χ0n) is 16.7. The Balaban J connectivity index is 1.74. The standard InChI is InChI=1S/C22H24F3N3O2/c1-14(21(27)20(26)4-3-11-28-21)16-7-10-18(19(12-16)29-2)30-13-15-5-8-17(9-6-15)22(23,24)25/h3-12,14,28H,13,26-27H2,1-2H3. The van der Waals surface area contributed by atoms with Gasteiger partial charge in [-0.2, -0.15) is 13.2 Å². The maximum absolute atomic E-state index is 12.7. The van der Waals surface area contributed by atoms with E-state index in [1.54, 1.807) is 24.4 Å². The van der Waals surface area contributed by atoms with Crippen LogP contribution in [0.1, 0.15) is 29.5 Å². The first-order chi connectivity index (χ1) is 14.1. The molecule has 0 saturated carbocycles. The molecule has 1 heterocycles. The van der Waals surface area contributed by atoms with E-state index in [-0.39, 0.29) is 12.5 Å². The molecule has 160 valence electrons. The second-order valence-corrected chi connectivity index (χ2v) is 7.11. The number of dihydropyridines is 1. The van der Waals surface area contributed by atoms with Crippen LogP contribution in [0.3, 0.4) is 0 Å². The molecule has 3 rings (SSSR count). The van der Waals surface area contributed by atoms with Crippen molar-refractivity contribution in [1.29, 1.82) is 0 Å². The van der Waals surface area contributed by atoms with Crippen molar-refractivity contribution in [3.8, 4) is 11.5 Å². The van der Waals surface area contributed by atoms with E-state index >= 15 is 0 Å². The summed E-state index contributed by atoms with van der Waals surface area (Å²) in [4.78, 5) is 0. The van der Waals surface area contributed by atoms with Crippen molar-refractivity contribution in [3.05, 3.63) is 83.2 Å². The fourth-order valence-electron chi connectivity index (χ4n) is 3.22. The van der Waals surface area contributed by atoms with Crippen molar-refractivity contribution in [3.63, 3.8) is 0 Å². The Labute approximate surface area is 173 Å². The van der Waals surface area contributed by atoms with Gasteiger partial charge in [0.05, 0.1) is 12.7 Å². The molecule has 0 saturated heterocycles. The van der Waals surface area contributed by atoms with Gasteiger partial charge in [-0.05, 0) is 53.7 Å². The molecule has 2 aromatic carbocycles. The second kappa shape index (κ2) is 8.31. The third kappa shape index (κ3) is 4.38. The third-order valence-electron chi connectivity index (χ3n) is 5.22. The van der Waals surface area contributed by atoms with Gasteiger partial charge in [-0.15, -0.1) is 0 Å². The Morgan fingerprint density at radius 2 is 1.80 bits per heavy atom. The van der Waals surface area contributed by atoms with Gasteiger partial charge in [0.2, 0.25) is 0 Å². The molecule has 2 unspecified atom stereocenters. The fourth-order valence-corrected chi connectivity index (χ4v) is 3.22.